The van der Waals surface area contributed by atoms with Gasteiger partial charge in [0.2, 0.25) is 0 Å². The Bertz CT molecular complexity index is 357. The SMILES string of the molecule is Nc1c(C(F)F)cc(C=O)nc1CBr. The smallest absolute Gasteiger partial charge is 0.265 e. The topological polar surface area (TPSA) is 56.0 Å². The number of hydrogen-bond acceptors (Lipinski definition) is 3. The number of carbonyl (C=O) groups is 1. The van der Waals surface area contributed by atoms with Crippen LogP contribution < -0.4 is 5.73 Å². The first-order valence-electron chi connectivity index (χ1n) is 3.68. The van der Waals surface area contributed by atoms with Crippen molar-refractivity contribution >= 4 is 27.9 Å². The molecule has 0 unspecified atom stereocenters. The fourth-order valence-corrected chi connectivity index (χ4v) is 1.42. The fourth-order valence-electron chi connectivity index (χ4n) is 0.995. The number of nitrogen functional groups attached to an aromatic ring is 1. The second kappa shape index (κ2) is 4.45. The molecule has 1 heterocycles. The maximum atomic E-state index is 12.4. The van der Waals surface area contributed by atoms with Crippen molar-refractivity contribution in [1.82, 2.24) is 4.98 Å². The van der Waals surface area contributed by atoms with Gasteiger partial charge in [0.05, 0.1) is 11.4 Å². The second-order valence-electron chi connectivity index (χ2n) is 2.55. The lowest BCUT2D eigenvalue weighted by molar-refractivity contribution is 0.111. The number of carbonyl (C=O) groups excluding carboxylic acids is 1. The molecule has 0 atom stereocenters. The Morgan fingerprint density at radius 1 is 1.64 bits per heavy atom. The highest BCUT2D eigenvalue weighted by Gasteiger charge is 2.16. The van der Waals surface area contributed by atoms with Crippen LogP contribution in [0, 0.1) is 0 Å². The molecule has 2 N–H and O–H groups in total. The maximum Gasteiger partial charge on any atom is 0.265 e. The average molecular weight is 265 g/mol. The Morgan fingerprint density at radius 3 is 2.71 bits per heavy atom. The minimum atomic E-state index is -2.70. The Morgan fingerprint density at radius 2 is 2.29 bits per heavy atom. The summed E-state index contributed by atoms with van der Waals surface area (Å²) in [7, 11) is 0. The number of nitrogens with two attached hydrogens (primary N) is 1. The summed E-state index contributed by atoms with van der Waals surface area (Å²) in [4.78, 5) is 14.2. The standard InChI is InChI=1S/C8H7BrF2N2O/c9-2-6-7(12)5(8(10)11)1-4(3-14)13-6/h1,3,8H,2,12H2. The van der Waals surface area contributed by atoms with Gasteiger partial charge in [-0.3, -0.25) is 4.79 Å². The van der Waals surface area contributed by atoms with Gasteiger partial charge >= 0.3 is 0 Å². The molecule has 0 fully saturated rings. The molecule has 1 aromatic rings. The van der Waals surface area contributed by atoms with Crippen molar-refractivity contribution in [2.24, 2.45) is 0 Å². The number of anilines is 1. The Kier molecular flexibility index (Phi) is 3.51. The molecule has 6 heteroatoms. The lowest BCUT2D eigenvalue weighted by atomic mass is 10.1. The number of nitrogens with zero attached hydrogens (tertiary/aromatic N) is 1. The molecule has 14 heavy (non-hydrogen) atoms. The number of aldehydes is 1. The number of pyridine rings is 1. The summed E-state index contributed by atoms with van der Waals surface area (Å²) in [6.45, 7) is 0. The lowest BCUT2D eigenvalue weighted by Crippen LogP contribution is -2.04. The van der Waals surface area contributed by atoms with Gasteiger partial charge in [0.25, 0.3) is 6.43 Å². The van der Waals surface area contributed by atoms with Crippen LogP contribution in [0.25, 0.3) is 0 Å². The Balaban J connectivity index is 3.34. The monoisotopic (exact) mass is 264 g/mol. The Hall–Kier alpha value is -1.04. The van der Waals surface area contributed by atoms with Gasteiger partial charge in [-0.05, 0) is 6.07 Å². The van der Waals surface area contributed by atoms with Crippen LogP contribution >= 0.6 is 15.9 Å². The van der Waals surface area contributed by atoms with E-state index >= 15 is 0 Å². The molecule has 76 valence electrons. The van der Waals surface area contributed by atoms with Crippen molar-refractivity contribution in [1.29, 1.82) is 0 Å². The van der Waals surface area contributed by atoms with E-state index in [4.69, 9.17) is 5.73 Å². The van der Waals surface area contributed by atoms with Crippen molar-refractivity contribution in [3.8, 4) is 0 Å². The van der Waals surface area contributed by atoms with Crippen molar-refractivity contribution in [2.45, 2.75) is 11.8 Å². The van der Waals surface area contributed by atoms with Gasteiger partial charge in [-0.15, -0.1) is 0 Å². The summed E-state index contributed by atoms with van der Waals surface area (Å²) < 4.78 is 24.8. The van der Waals surface area contributed by atoms with Gasteiger partial charge < -0.3 is 5.73 Å². The van der Waals surface area contributed by atoms with Crippen LogP contribution in [-0.4, -0.2) is 11.3 Å². The first-order chi connectivity index (χ1) is 6.60. The largest absolute Gasteiger partial charge is 0.397 e. The van der Waals surface area contributed by atoms with Crippen molar-refractivity contribution < 1.29 is 13.6 Å². The lowest BCUT2D eigenvalue weighted by Gasteiger charge is -2.08. The Labute approximate surface area is 87.4 Å². The highest BCUT2D eigenvalue weighted by Crippen LogP contribution is 2.28. The number of alkyl halides is 3. The first kappa shape index (κ1) is 11.0. The summed E-state index contributed by atoms with van der Waals surface area (Å²) >= 11 is 3.05. The molecule has 3 nitrogen and oxygen atoms in total. The summed E-state index contributed by atoms with van der Waals surface area (Å²) in [6.07, 6.45) is -2.29. The molecule has 1 rings (SSSR count). The van der Waals surface area contributed by atoms with Gasteiger partial charge in [-0.1, -0.05) is 15.9 Å². The van der Waals surface area contributed by atoms with Crippen molar-refractivity contribution in [3.05, 3.63) is 23.0 Å². The molecule has 0 radical (unpaired) electrons. The maximum absolute atomic E-state index is 12.4. The zero-order valence-electron chi connectivity index (χ0n) is 7.01. The molecule has 0 saturated carbocycles. The quantitative estimate of drug-likeness (QED) is 0.674. The number of rotatable bonds is 3. The molecule has 0 amide bonds. The van der Waals surface area contributed by atoms with E-state index in [-0.39, 0.29) is 28.0 Å². The third-order valence-electron chi connectivity index (χ3n) is 1.67. The van der Waals surface area contributed by atoms with Gasteiger partial charge in [-0.25, -0.2) is 13.8 Å². The van der Waals surface area contributed by atoms with Crippen LogP contribution in [-0.2, 0) is 5.33 Å². The number of aromatic nitrogens is 1. The van der Waals surface area contributed by atoms with Crippen LogP contribution in [0.1, 0.15) is 28.2 Å². The number of halogens is 3. The predicted molar refractivity (Wildman–Crippen MR) is 51.6 cm³/mol. The van der Waals surface area contributed by atoms with E-state index in [1.54, 1.807) is 0 Å². The summed E-state index contributed by atoms with van der Waals surface area (Å²) in [5.41, 5.74) is 5.23. The third-order valence-corrected chi connectivity index (χ3v) is 2.20. The predicted octanol–water partition coefficient (Wildman–Crippen LogP) is 2.31. The van der Waals surface area contributed by atoms with E-state index in [1.807, 2.05) is 0 Å². The van der Waals surface area contributed by atoms with E-state index in [1.165, 1.54) is 0 Å². The molecule has 0 bridgehead atoms. The van der Waals surface area contributed by atoms with Crippen LogP contribution in [0.5, 0.6) is 0 Å². The second-order valence-corrected chi connectivity index (χ2v) is 3.11. The van der Waals surface area contributed by atoms with Crippen molar-refractivity contribution in [3.63, 3.8) is 0 Å². The molecular formula is C8H7BrF2N2O. The zero-order chi connectivity index (χ0) is 10.7. The van der Waals surface area contributed by atoms with E-state index < -0.39 is 6.43 Å². The summed E-state index contributed by atoms with van der Waals surface area (Å²) in [5.74, 6) is 0. The van der Waals surface area contributed by atoms with Crippen LogP contribution in [0.15, 0.2) is 6.07 Å². The molecule has 0 aliphatic rings. The van der Waals surface area contributed by atoms with E-state index in [0.29, 0.717) is 6.29 Å². The van der Waals surface area contributed by atoms with E-state index in [2.05, 4.69) is 20.9 Å². The van der Waals surface area contributed by atoms with E-state index in [9.17, 15) is 13.6 Å². The van der Waals surface area contributed by atoms with Gasteiger partial charge in [0.15, 0.2) is 6.29 Å². The molecule has 0 aromatic carbocycles. The van der Waals surface area contributed by atoms with Crippen molar-refractivity contribution in [2.75, 3.05) is 5.73 Å². The molecule has 0 aliphatic carbocycles. The summed E-state index contributed by atoms with van der Waals surface area (Å²) in [5, 5.41) is 0.236. The van der Waals surface area contributed by atoms with Gasteiger partial charge in [0, 0.05) is 10.9 Å². The van der Waals surface area contributed by atoms with Crippen LogP contribution in [0.4, 0.5) is 14.5 Å². The minimum Gasteiger partial charge on any atom is -0.397 e. The molecule has 1 aromatic heterocycles. The van der Waals surface area contributed by atoms with Crippen LogP contribution in [0.2, 0.25) is 0 Å². The normalized spacial score (nSPS) is 10.6. The van der Waals surface area contributed by atoms with E-state index in [0.717, 1.165) is 6.07 Å². The van der Waals surface area contributed by atoms with Gasteiger partial charge in [0.1, 0.15) is 5.69 Å². The molecular weight excluding hydrogens is 258 g/mol. The number of hydrogen-bond donors (Lipinski definition) is 1. The van der Waals surface area contributed by atoms with Crippen LogP contribution in [0.3, 0.4) is 0 Å². The highest BCUT2D eigenvalue weighted by molar-refractivity contribution is 9.08. The molecule has 0 aliphatic heterocycles. The average Bonchev–Trinajstić information content (AvgIpc) is 2.17. The molecule has 0 spiro atoms. The minimum absolute atomic E-state index is 0.0380. The summed E-state index contributed by atoms with van der Waals surface area (Å²) in [6, 6.07) is 0.999. The molecule has 0 saturated heterocycles. The first-order valence-corrected chi connectivity index (χ1v) is 4.81. The fraction of sp³-hybridized carbons (Fsp3) is 0.250. The zero-order valence-corrected chi connectivity index (χ0v) is 8.59. The van der Waals surface area contributed by atoms with Gasteiger partial charge in [-0.2, -0.15) is 0 Å². The third kappa shape index (κ3) is 2.06. The highest BCUT2D eigenvalue weighted by atomic mass is 79.9.